The van der Waals surface area contributed by atoms with Gasteiger partial charge >= 0.3 is 0 Å². The molecule has 5 nitrogen and oxygen atoms in total. The van der Waals surface area contributed by atoms with E-state index in [4.69, 9.17) is 14.2 Å². The highest BCUT2D eigenvalue weighted by Gasteiger charge is 2.08. The van der Waals surface area contributed by atoms with E-state index in [0.29, 0.717) is 33.0 Å². The van der Waals surface area contributed by atoms with Crippen molar-refractivity contribution in [3.8, 4) is 0 Å². The van der Waals surface area contributed by atoms with E-state index in [1.807, 2.05) is 0 Å². The maximum absolute atomic E-state index is 5.54. The minimum absolute atomic E-state index is 0.147. The Balaban J connectivity index is 2.06. The second-order valence-electron chi connectivity index (χ2n) is 6.08. The Kier molecular flexibility index (Phi) is 8.61. The van der Waals surface area contributed by atoms with Crippen LogP contribution in [0.1, 0.15) is 26.3 Å². The number of hydrogen-bond acceptors (Lipinski definition) is 4. The van der Waals surface area contributed by atoms with E-state index in [0.717, 1.165) is 13.1 Å². The molecule has 0 aliphatic rings. The molecule has 0 saturated heterocycles. The molecule has 0 aliphatic heterocycles. The summed E-state index contributed by atoms with van der Waals surface area (Å²) in [5.74, 6) is 0. The van der Waals surface area contributed by atoms with Gasteiger partial charge < -0.3 is 24.1 Å². The van der Waals surface area contributed by atoms with E-state index < -0.39 is 0 Å². The number of hydrogen-bond donors (Lipinski definition) is 1. The summed E-state index contributed by atoms with van der Waals surface area (Å²) >= 11 is 0. The van der Waals surface area contributed by atoms with Crippen molar-refractivity contribution in [2.45, 2.75) is 39.4 Å². The van der Waals surface area contributed by atoms with Crippen LogP contribution in [0.4, 0.5) is 0 Å². The average molecular weight is 298 g/mol. The summed E-state index contributed by atoms with van der Waals surface area (Å²) in [7, 11) is 1.67. The van der Waals surface area contributed by atoms with Gasteiger partial charge in [0.2, 0.25) is 0 Å². The first-order chi connectivity index (χ1) is 10.0. The smallest absolute Gasteiger partial charge is 0.0701 e. The number of nitrogens with zero attached hydrogens (tertiary/aromatic N) is 1. The molecule has 0 amide bonds. The van der Waals surface area contributed by atoms with E-state index in [9.17, 15) is 0 Å². The summed E-state index contributed by atoms with van der Waals surface area (Å²) in [5.41, 5.74) is 1.45. The van der Waals surface area contributed by atoms with E-state index in [2.05, 4.69) is 49.1 Å². The molecule has 0 fully saturated rings. The van der Waals surface area contributed by atoms with Gasteiger partial charge in [0.1, 0.15) is 0 Å². The Morgan fingerprint density at radius 2 is 1.71 bits per heavy atom. The zero-order valence-corrected chi connectivity index (χ0v) is 13.9. The number of methoxy groups -OCH3 is 1. The Hall–Kier alpha value is -0.880. The quantitative estimate of drug-likeness (QED) is 0.635. The van der Waals surface area contributed by atoms with E-state index in [-0.39, 0.29) is 5.54 Å². The molecule has 122 valence electrons. The maximum atomic E-state index is 5.54. The predicted molar refractivity (Wildman–Crippen MR) is 84.5 cm³/mol. The van der Waals surface area contributed by atoms with Crippen molar-refractivity contribution < 1.29 is 14.2 Å². The molecular formula is C16H30N2O3. The van der Waals surface area contributed by atoms with Gasteiger partial charge in [-0.2, -0.15) is 0 Å². The van der Waals surface area contributed by atoms with Crippen molar-refractivity contribution >= 4 is 0 Å². The van der Waals surface area contributed by atoms with Gasteiger partial charge in [-0.05, 0) is 32.4 Å². The van der Waals surface area contributed by atoms with Gasteiger partial charge in [0.25, 0.3) is 0 Å². The minimum Gasteiger partial charge on any atom is -0.382 e. The second-order valence-corrected chi connectivity index (χ2v) is 6.08. The standard InChI is InChI=1S/C16H30N2O3/c1-16(2,3)17-13-15-5-6-18(14-15)7-8-20-11-12-21-10-9-19-4/h5-6,14,17H,7-13H2,1-4H3. The summed E-state index contributed by atoms with van der Waals surface area (Å²) < 4.78 is 17.9. The maximum Gasteiger partial charge on any atom is 0.0701 e. The van der Waals surface area contributed by atoms with Crippen LogP contribution in [0.15, 0.2) is 18.5 Å². The normalized spacial score (nSPS) is 12.0. The van der Waals surface area contributed by atoms with Gasteiger partial charge in [0, 0.05) is 38.1 Å². The molecule has 0 aliphatic carbocycles. The predicted octanol–water partition coefficient (Wildman–Crippen LogP) is 2.06. The Morgan fingerprint density at radius 3 is 2.38 bits per heavy atom. The fourth-order valence-corrected chi connectivity index (χ4v) is 1.74. The first-order valence-electron chi connectivity index (χ1n) is 7.55. The highest BCUT2D eigenvalue weighted by molar-refractivity contribution is 5.10. The van der Waals surface area contributed by atoms with Crippen LogP contribution in [-0.4, -0.2) is 50.3 Å². The van der Waals surface area contributed by atoms with Crippen molar-refractivity contribution in [1.82, 2.24) is 9.88 Å². The lowest BCUT2D eigenvalue weighted by Crippen LogP contribution is -2.34. The fraction of sp³-hybridized carbons (Fsp3) is 0.750. The van der Waals surface area contributed by atoms with Crippen LogP contribution >= 0.6 is 0 Å². The topological polar surface area (TPSA) is 44.7 Å². The molecule has 0 radical (unpaired) electrons. The SMILES string of the molecule is COCCOCCOCCn1ccc(CNC(C)(C)C)c1. The number of nitrogens with one attached hydrogen (secondary N) is 1. The number of ether oxygens (including phenoxy) is 3. The lowest BCUT2D eigenvalue weighted by Gasteiger charge is -2.19. The first-order valence-corrected chi connectivity index (χ1v) is 7.55. The van der Waals surface area contributed by atoms with E-state index in [1.165, 1.54) is 5.56 Å². The molecule has 1 aromatic rings. The second kappa shape index (κ2) is 9.95. The lowest BCUT2D eigenvalue weighted by atomic mass is 10.1. The molecular weight excluding hydrogens is 268 g/mol. The van der Waals surface area contributed by atoms with Crippen LogP contribution in [0.2, 0.25) is 0 Å². The molecule has 0 spiro atoms. The third-order valence-corrected chi connectivity index (χ3v) is 2.93. The molecule has 0 atom stereocenters. The highest BCUT2D eigenvalue weighted by Crippen LogP contribution is 2.05. The molecule has 5 heteroatoms. The number of aromatic nitrogens is 1. The van der Waals surface area contributed by atoms with Gasteiger partial charge in [-0.25, -0.2) is 0 Å². The van der Waals surface area contributed by atoms with Crippen LogP contribution < -0.4 is 5.32 Å². The monoisotopic (exact) mass is 298 g/mol. The summed E-state index contributed by atoms with van der Waals surface area (Å²) in [6.45, 7) is 11.5. The Labute approximate surface area is 128 Å². The van der Waals surface area contributed by atoms with Crippen LogP contribution in [-0.2, 0) is 27.3 Å². The molecule has 1 N–H and O–H groups in total. The van der Waals surface area contributed by atoms with Crippen LogP contribution in [0.5, 0.6) is 0 Å². The van der Waals surface area contributed by atoms with Crippen molar-refractivity contribution in [1.29, 1.82) is 0 Å². The van der Waals surface area contributed by atoms with Crippen molar-refractivity contribution in [3.05, 3.63) is 24.0 Å². The summed E-state index contributed by atoms with van der Waals surface area (Å²) in [5, 5.41) is 3.48. The summed E-state index contributed by atoms with van der Waals surface area (Å²) in [4.78, 5) is 0. The van der Waals surface area contributed by atoms with E-state index >= 15 is 0 Å². The Bertz CT molecular complexity index is 372. The third-order valence-electron chi connectivity index (χ3n) is 2.93. The van der Waals surface area contributed by atoms with Crippen molar-refractivity contribution in [3.63, 3.8) is 0 Å². The van der Waals surface area contributed by atoms with Gasteiger partial charge in [-0.15, -0.1) is 0 Å². The average Bonchev–Trinajstić information content (AvgIpc) is 2.87. The molecule has 1 aromatic heterocycles. The third kappa shape index (κ3) is 9.63. The highest BCUT2D eigenvalue weighted by atomic mass is 16.5. The fourth-order valence-electron chi connectivity index (χ4n) is 1.74. The zero-order chi connectivity index (χ0) is 15.6. The van der Waals surface area contributed by atoms with Gasteiger partial charge in [0.05, 0.1) is 33.0 Å². The van der Waals surface area contributed by atoms with Gasteiger partial charge in [-0.1, -0.05) is 0 Å². The van der Waals surface area contributed by atoms with Crippen LogP contribution in [0.3, 0.4) is 0 Å². The van der Waals surface area contributed by atoms with E-state index in [1.54, 1.807) is 7.11 Å². The van der Waals surface area contributed by atoms with Crippen molar-refractivity contribution in [2.75, 3.05) is 40.1 Å². The van der Waals surface area contributed by atoms with Gasteiger partial charge in [-0.3, -0.25) is 0 Å². The van der Waals surface area contributed by atoms with Crippen LogP contribution in [0.25, 0.3) is 0 Å². The largest absolute Gasteiger partial charge is 0.382 e. The zero-order valence-electron chi connectivity index (χ0n) is 13.9. The summed E-state index contributed by atoms with van der Waals surface area (Å²) in [6, 6.07) is 2.15. The van der Waals surface area contributed by atoms with Crippen LogP contribution in [0, 0.1) is 0 Å². The van der Waals surface area contributed by atoms with Gasteiger partial charge in [0.15, 0.2) is 0 Å². The molecule has 0 saturated carbocycles. The molecule has 21 heavy (non-hydrogen) atoms. The summed E-state index contributed by atoms with van der Waals surface area (Å²) in [6.07, 6.45) is 4.26. The first kappa shape index (κ1) is 18.2. The van der Waals surface area contributed by atoms with Crippen molar-refractivity contribution in [2.24, 2.45) is 0 Å². The lowest BCUT2D eigenvalue weighted by molar-refractivity contribution is 0.0230. The molecule has 0 unspecified atom stereocenters. The minimum atomic E-state index is 0.147. The Morgan fingerprint density at radius 1 is 1.05 bits per heavy atom. The molecule has 0 bridgehead atoms. The molecule has 1 rings (SSSR count). The molecule has 0 aromatic carbocycles. The number of rotatable bonds is 11. The molecule has 1 heterocycles.